The Morgan fingerprint density at radius 1 is 1.03 bits per heavy atom. The molecule has 1 amide bonds. The minimum Gasteiger partial charge on any atom is -0.495 e. The number of anilines is 1. The average Bonchev–Trinajstić information content (AvgIpc) is 3.47. The second-order valence-electron chi connectivity index (χ2n) is 7.87. The van der Waals surface area contributed by atoms with E-state index < -0.39 is 0 Å². The summed E-state index contributed by atoms with van der Waals surface area (Å²) < 4.78 is 12.8. The number of amides is 1. The molecule has 0 bridgehead atoms. The van der Waals surface area contributed by atoms with E-state index in [0.29, 0.717) is 28.9 Å². The number of hydrogen-bond donors (Lipinski definition) is 1. The van der Waals surface area contributed by atoms with Gasteiger partial charge in [0.25, 0.3) is 0 Å². The molecule has 5 aromatic rings. The molecule has 176 valence electrons. The third kappa shape index (κ3) is 5.04. The van der Waals surface area contributed by atoms with E-state index in [-0.39, 0.29) is 12.3 Å². The van der Waals surface area contributed by atoms with Crippen molar-refractivity contribution >= 4 is 34.4 Å². The van der Waals surface area contributed by atoms with Crippen LogP contribution in [-0.4, -0.2) is 32.7 Å². The summed E-state index contributed by atoms with van der Waals surface area (Å²) >= 11 is 1.50. The van der Waals surface area contributed by atoms with Crippen LogP contribution >= 0.6 is 11.8 Å². The number of nitrogens with zero attached hydrogens (tertiary/aromatic N) is 4. The predicted molar refractivity (Wildman–Crippen MR) is 135 cm³/mol. The normalized spacial score (nSPS) is 11.0. The van der Waals surface area contributed by atoms with E-state index in [1.54, 1.807) is 19.2 Å². The highest BCUT2D eigenvalue weighted by molar-refractivity contribution is 7.98. The zero-order chi connectivity index (χ0) is 24.2. The van der Waals surface area contributed by atoms with Gasteiger partial charge in [-0.25, -0.2) is 4.98 Å². The summed E-state index contributed by atoms with van der Waals surface area (Å²) in [4.78, 5) is 21.7. The molecule has 9 heteroatoms. The number of aryl methyl sites for hydroxylation is 1. The maximum Gasteiger partial charge on any atom is 0.237 e. The summed E-state index contributed by atoms with van der Waals surface area (Å²) in [5.41, 5.74) is 4.76. The largest absolute Gasteiger partial charge is 0.495 e. The topological polar surface area (TPSA) is 95.1 Å². The number of carbonyl (C=O) groups excluding carboxylic acids is 1. The van der Waals surface area contributed by atoms with E-state index in [0.717, 1.165) is 21.9 Å². The van der Waals surface area contributed by atoms with E-state index in [1.807, 2.05) is 30.3 Å². The van der Waals surface area contributed by atoms with Gasteiger partial charge >= 0.3 is 0 Å². The smallest absolute Gasteiger partial charge is 0.237 e. The molecule has 8 nitrogen and oxygen atoms in total. The van der Waals surface area contributed by atoms with Gasteiger partial charge in [0.1, 0.15) is 5.75 Å². The van der Waals surface area contributed by atoms with Crippen molar-refractivity contribution in [2.24, 2.45) is 0 Å². The van der Waals surface area contributed by atoms with Crippen LogP contribution in [0.3, 0.4) is 0 Å². The van der Waals surface area contributed by atoms with Crippen LogP contribution in [0.15, 0.2) is 82.5 Å². The van der Waals surface area contributed by atoms with Crippen molar-refractivity contribution < 1.29 is 14.1 Å². The Hall–Kier alpha value is -4.11. The van der Waals surface area contributed by atoms with Crippen LogP contribution in [0.4, 0.5) is 5.69 Å². The van der Waals surface area contributed by atoms with Gasteiger partial charge in [0.2, 0.25) is 11.8 Å². The molecule has 0 saturated carbocycles. The molecule has 2 aromatic heterocycles. The first kappa shape index (κ1) is 22.7. The van der Waals surface area contributed by atoms with Crippen LogP contribution < -0.4 is 10.1 Å². The second kappa shape index (κ2) is 10.0. The number of nitrogens with one attached hydrogen (secondary N) is 1. The Morgan fingerprint density at radius 3 is 2.63 bits per heavy atom. The number of para-hydroxylation sites is 4. The van der Waals surface area contributed by atoms with Gasteiger partial charge in [-0.05, 0) is 43.3 Å². The van der Waals surface area contributed by atoms with Gasteiger partial charge in [0, 0.05) is 5.69 Å². The number of carbonyl (C=O) groups is 1. The maximum atomic E-state index is 12.5. The molecule has 0 aliphatic rings. The van der Waals surface area contributed by atoms with Gasteiger partial charge in [-0.3, -0.25) is 9.36 Å². The molecule has 1 N–H and O–H groups in total. The predicted octanol–water partition coefficient (Wildman–Crippen LogP) is 5.20. The van der Waals surface area contributed by atoms with Crippen molar-refractivity contribution in [3.8, 4) is 11.4 Å². The van der Waals surface area contributed by atoms with Crippen molar-refractivity contribution in [1.29, 1.82) is 0 Å². The van der Waals surface area contributed by atoms with Crippen molar-refractivity contribution in [2.75, 3.05) is 12.4 Å². The molecule has 0 spiro atoms. The Balaban J connectivity index is 1.29. The molecule has 0 saturated heterocycles. The fraction of sp³-hybridized carbons (Fsp3) is 0.154. The van der Waals surface area contributed by atoms with Crippen molar-refractivity contribution in [3.63, 3.8) is 0 Å². The molecule has 0 unspecified atom stereocenters. The molecule has 0 aliphatic heterocycles. The fourth-order valence-electron chi connectivity index (χ4n) is 3.68. The number of aromatic nitrogens is 4. The SMILES string of the molecule is COc1ccccc1NC(=O)Cc1noc(CSc2nc3ccccc3n2-c2ccc(C)cc2)n1. The van der Waals surface area contributed by atoms with E-state index in [4.69, 9.17) is 14.2 Å². The second-order valence-corrected chi connectivity index (χ2v) is 8.81. The zero-order valence-electron chi connectivity index (χ0n) is 19.3. The Morgan fingerprint density at radius 2 is 1.80 bits per heavy atom. The van der Waals surface area contributed by atoms with E-state index in [1.165, 1.54) is 17.3 Å². The number of methoxy groups -OCH3 is 1. The zero-order valence-corrected chi connectivity index (χ0v) is 20.1. The third-order valence-corrected chi connectivity index (χ3v) is 6.28. The molecule has 3 aromatic carbocycles. The Labute approximate surface area is 206 Å². The molecule has 0 atom stereocenters. The van der Waals surface area contributed by atoms with Crippen molar-refractivity contribution in [2.45, 2.75) is 24.3 Å². The number of fused-ring (bicyclic) bond motifs is 1. The summed E-state index contributed by atoms with van der Waals surface area (Å²) in [5, 5.41) is 7.61. The van der Waals surface area contributed by atoms with Gasteiger partial charge in [-0.1, -0.05) is 58.9 Å². The van der Waals surface area contributed by atoms with Crippen LogP contribution in [0.1, 0.15) is 17.3 Å². The Bertz CT molecular complexity index is 1480. The number of rotatable bonds is 8. The minimum absolute atomic E-state index is 0.00586. The summed E-state index contributed by atoms with van der Waals surface area (Å²) in [6, 6.07) is 23.6. The first-order valence-corrected chi connectivity index (χ1v) is 12.0. The minimum atomic E-state index is -0.254. The van der Waals surface area contributed by atoms with E-state index >= 15 is 0 Å². The third-order valence-electron chi connectivity index (χ3n) is 5.36. The number of thioether (sulfide) groups is 1. The molecule has 35 heavy (non-hydrogen) atoms. The summed E-state index contributed by atoms with van der Waals surface area (Å²) in [6.07, 6.45) is -0.00586. The summed E-state index contributed by atoms with van der Waals surface area (Å²) in [6.45, 7) is 2.06. The lowest BCUT2D eigenvalue weighted by atomic mass is 10.2. The van der Waals surface area contributed by atoms with Crippen molar-refractivity contribution in [1.82, 2.24) is 19.7 Å². The van der Waals surface area contributed by atoms with E-state index in [2.05, 4.69) is 57.3 Å². The lowest BCUT2D eigenvalue weighted by molar-refractivity contribution is -0.115. The number of benzene rings is 3. The molecule has 0 fully saturated rings. The lowest BCUT2D eigenvalue weighted by Gasteiger charge is -2.08. The maximum absolute atomic E-state index is 12.5. The summed E-state index contributed by atoms with van der Waals surface area (Å²) in [5.74, 6) is 1.51. The monoisotopic (exact) mass is 485 g/mol. The summed E-state index contributed by atoms with van der Waals surface area (Å²) in [7, 11) is 1.56. The molecule has 2 heterocycles. The van der Waals surface area contributed by atoms with Crippen molar-refractivity contribution in [3.05, 3.63) is 90.1 Å². The number of ether oxygens (including phenoxy) is 1. The highest BCUT2D eigenvalue weighted by Crippen LogP contribution is 2.30. The highest BCUT2D eigenvalue weighted by atomic mass is 32.2. The van der Waals surface area contributed by atoms with Crippen LogP contribution in [0.2, 0.25) is 0 Å². The highest BCUT2D eigenvalue weighted by Gasteiger charge is 2.16. The van der Waals surface area contributed by atoms with E-state index in [9.17, 15) is 4.79 Å². The van der Waals surface area contributed by atoms with Crippen LogP contribution in [0.5, 0.6) is 5.75 Å². The quantitative estimate of drug-likeness (QED) is 0.302. The molecular weight excluding hydrogens is 462 g/mol. The number of imidazole rings is 1. The van der Waals surface area contributed by atoms with Crippen LogP contribution in [0.25, 0.3) is 16.7 Å². The first-order chi connectivity index (χ1) is 17.1. The fourth-order valence-corrected chi connectivity index (χ4v) is 4.54. The molecule has 0 aliphatic carbocycles. The Kier molecular flexibility index (Phi) is 6.49. The van der Waals surface area contributed by atoms with Gasteiger partial charge in [-0.2, -0.15) is 4.98 Å². The lowest BCUT2D eigenvalue weighted by Crippen LogP contribution is -2.15. The van der Waals surface area contributed by atoms with Gasteiger partial charge in [0.15, 0.2) is 11.0 Å². The first-order valence-electron chi connectivity index (χ1n) is 11.0. The number of hydrogen-bond acceptors (Lipinski definition) is 7. The molecule has 5 rings (SSSR count). The van der Waals surface area contributed by atoms with Gasteiger partial charge < -0.3 is 14.6 Å². The standard InChI is InChI=1S/C26H23N5O3S/c1-17-11-13-18(14-12-17)31-21-9-5-3-7-19(21)28-26(31)35-16-25-29-23(30-34-25)15-24(32)27-20-8-4-6-10-22(20)33-2/h3-14H,15-16H2,1-2H3,(H,27,32). The van der Waals surface area contributed by atoms with Gasteiger partial charge in [0.05, 0.1) is 36.0 Å². The van der Waals surface area contributed by atoms with Crippen LogP contribution in [0, 0.1) is 6.92 Å². The molecule has 0 radical (unpaired) electrons. The van der Waals surface area contributed by atoms with Crippen LogP contribution in [-0.2, 0) is 17.0 Å². The molecular formula is C26H23N5O3S. The van der Waals surface area contributed by atoms with Gasteiger partial charge in [-0.15, -0.1) is 0 Å². The average molecular weight is 486 g/mol.